The Morgan fingerprint density at radius 1 is 0.969 bits per heavy atom. The van der Waals surface area contributed by atoms with Crippen LogP contribution in [-0.4, -0.2) is 17.9 Å². The van der Waals surface area contributed by atoms with Gasteiger partial charge in [-0.05, 0) is 47.0 Å². The second-order valence-corrected chi connectivity index (χ2v) is 8.22. The topological polar surface area (TPSA) is 65.0 Å². The van der Waals surface area contributed by atoms with Crippen molar-refractivity contribution in [2.45, 2.75) is 13.0 Å². The van der Waals surface area contributed by atoms with E-state index in [0.717, 1.165) is 17.2 Å². The number of hydrogen-bond donors (Lipinski definition) is 1. The summed E-state index contributed by atoms with van der Waals surface area (Å²) in [5, 5.41) is 10.5. The van der Waals surface area contributed by atoms with Crippen molar-refractivity contribution in [3.8, 4) is 17.2 Å². The first kappa shape index (κ1) is 22.3. The zero-order valence-corrected chi connectivity index (χ0v) is 18.9. The lowest BCUT2D eigenvalue weighted by molar-refractivity contribution is -0.131. The molecular formula is C24H17Cl3O5. The van der Waals surface area contributed by atoms with Gasteiger partial charge in [-0.2, -0.15) is 0 Å². The van der Waals surface area contributed by atoms with Crippen LogP contribution in [0.3, 0.4) is 0 Å². The Morgan fingerprint density at radius 2 is 1.69 bits per heavy atom. The Kier molecular flexibility index (Phi) is 6.80. The first-order valence-corrected chi connectivity index (χ1v) is 10.7. The number of halogens is 3. The minimum atomic E-state index is -1.04. The quantitative estimate of drug-likeness (QED) is 0.375. The first-order chi connectivity index (χ1) is 15.4. The van der Waals surface area contributed by atoms with Crippen molar-refractivity contribution in [2.24, 2.45) is 0 Å². The maximum absolute atomic E-state index is 10.9. The van der Waals surface area contributed by atoms with Crippen LogP contribution in [0.25, 0.3) is 6.08 Å². The van der Waals surface area contributed by atoms with E-state index in [2.05, 4.69) is 0 Å². The summed E-state index contributed by atoms with van der Waals surface area (Å²) in [6.45, 7) is 0.305. The van der Waals surface area contributed by atoms with Gasteiger partial charge in [0, 0.05) is 39.2 Å². The summed E-state index contributed by atoms with van der Waals surface area (Å²) in [7, 11) is 0. The Labute approximate surface area is 199 Å². The van der Waals surface area contributed by atoms with Crippen LogP contribution in [0.4, 0.5) is 0 Å². The number of aliphatic carboxylic acids is 1. The van der Waals surface area contributed by atoms with Gasteiger partial charge in [-0.3, -0.25) is 0 Å². The molecule has 0 radical (unpaired) electrons. The monoisotopic (exact) mass is 490 g/mol. The second kappa shape index (κ2) is 9.74. The molecule has 0 aliphatic carbocycles. The van der Waals surface area contributed by atoms with Crippen LogP contribution < -0.4 is 14.2 Å². The molecular weight excluding hydrogens is 475 g/mol. The summed E-state index contributed by atoms with van der Waals surface area (Å²) < 4.78 is 16.9. The highest BCUT2D eigenvalue weighted by Crippen LogP contribution is 2.38. The molecule has 1 aliphatic heterocycles. The van der Waals surface area contributed by atoms with E-state index in [1.54, 1.807) is 30.3 Å². The van der Waals surface area contributed by atoms with Crippen molar-refractivity contribution in [1.29, 1.82) is 0 Å². The second-order valence-electron chi connectivity index (χ2n) is 7.00. The number of carbonyl (C=O) groups is 1. The molecule has 0 fully saturated rings. The van der Waals surface area contributed by atoms with Gasteiger partial charge in [0.2, 0.25) is 6.79 Å². The van der Waals surface area contributed by atoms with Gasteiger partial charge < -0.3 is 19.3 Å². The van der Waals surface area contributed by atoms with Gasteiger partial charge in [0.05, 0.1) is 0 Å². The molecule has 0 amide bonds. The van der Waals surface area contributed by atoms with Crippen molar-refractivity contribution in [1.82, 2.24) is 0 Å². The van der Waals surface area contributed by atoms with Gasteiger partial charge in [-0.15, -0.1) is 0 Å². The molecule has 1 N–H and O–H groups in total. The number of rotatable bonds is 7. The van der Waals surface area contributed by atoms with Crippen LogP contribution in [-0.2, 0) is 17.8 Å². The molecule has 164 valence electrons. The van der Waals surface area contributed by atoms with E-state index in [1.807, 2.05) is 18.2 Å². The third kappa shape index (κ3) is 5.13. The van der Waals surface area contributed by atoms with Crippen LogP contribution in [0.15, 0.2) is 54.6 Å². The minimum Gasteiger partial charge on any atom is -0.488 e. The number of ether oxygens (including phenoxy) is 3. The number of carboxylic acids is 1. The molecule has 0 saturated heterocycles. The first-order valence-electron chi connectivity index (χ1n) is 9.58. The smallest absolute Gasteiger partial charge is 0.328 e. The normalized spacial score (nSPS) is 12.3. The average Bonchev–Trinajstić information content (AvgIpc) is 3.20. The fraction of sp³-hybridized carbons (Fsp3) is 0.125. The number of carboxylic acid groups (broad SMARTS) is 1. The van der Waals surface area contributed by atoms with Crippen molar-refractivity contribution in [3.05, 3.63) is 91.9 Å². The van der Waals surface area contributed by atoms with E-state index < -0.39 is 5.97 Å². The predicted molar refractivity (Wildman–Crippen MR) is 124 cm³/mol. The maximum atomic E-state index is 10.9. The standard InChI is InChI=1S/C24H17Cl3O5/c25-18-2-1-3-19(26)17(18)12-30-21-8-14(5-7-24(28)29)4-6-15(21)9-16-10-22-23(11-20(16)27)32-13-31-22/h1-8,10-11H,9,12-13H2,(H,28,29). The Hall–Kier alpha value is -2.86. The summed E-state index contributed by atoms with van der Waals surface area (Å²) >= 11 is 19.0. The van der Waals surface area contributed by atoms with Crippen molar-refractivity contribution >= 4 is 46.8 Å². The number of fused-ring (bicyclic) bond motifs is 1. The van der Waals surface area contributed by atoms with E-state index in [9.17, 15) is 4.79 Å². The Bertz CT molecular complexity index is 1190. The lowest BCUT2D eigenvalue weighted by Gasteiger charge is -2.15. The Morgan fingerprint density at radius 3 is 2.41 bits per heavy atom. The minimum absolute atomic E-state index is 0.145. The van der Waals surface area contributed by atoms with Crippen LogP contribution in [0, 0.1) is 0 Å². The molecule has 32 heavy (non-hydrogen) atoms. The highest BCUT2D eigenvalue weighted by Gasteiger charge is 2.18. The fourth-order valence-electron chi connectivity index (χ4n) is 3.24. The van der Waals surface area contributed by atoms with Gasteiger partial charge >= 0.3 is 5.97 Å². The molecule has 5 nitrogen and oxygen atoms in total. The zero-order valence-electron chi connectivity index (χ0n) is 16.6. The summed E-state index contributed by atoms with van der Waals surface area (Å²) in [5.41, 5.74) is 3.02. The lowest BCUT2D eigenvalue weighted by atomic mass is 10.0. The van der Waals surface area contributed by atoms with E-state index in [-0.39, 0.29) is 13.4 Å². The van der Waals surface area contributed by atoms with Gasteiger partial charge in [0.1, 0.15) is 12.4 Å². The van der Waals surface area contributed by atoms with Crippen molar-refractivity contribution in [3.63, 3.8) is 0 Å². The largest absolute Gasteiger partial charge is 0.488 e. The van der Waals surface area contributed by atoms with E-state index in [1.165, 1.54) is 6.08 Å². The van der Waals surface area contributed by atoms with Gasteiger partial charge in [0.15, 0.2) is 11.5 Å². The van der Waals surface area contributed by atoms with Crippen LogP contribution in [0.1, 0.15) is 22.3 Å². The third-order valence-electron chi connectivity index (χ3n) is 4.87. The predicted octanol–water partition coefficient (Wildman–Crippen LogP) is 6.64. The van der Waals surface area contributed by atoms with Crippen LogP contribution in [0.5, 0.6) is 17.2 Å². The molecule has 4 rings (SSSR count). The highest BCUT2D eigenvalue weighted by molar-refractivity contribution is 6.36. The summed E-state index contributed by atoms with van der Waals surface area (Å²) in [5.74, 6) is 0.766. The van der Waals surface area contributed by atoms with Gasteiger partial charge in [-0.25, -0.2) is 4.79 Å². The fourth-order valence-corrected chi connectivity index (χ4v) is 3.97. The van der Waals surface area contributed by atoms with Crippen molar-refractivity contribution in [2.75, 3.05) is 6.79 Å². The van der Waals surface area contributed by atoms with E-state index in [0.29, 0.717) is 49.9 Å². The van der Waals surface area contributed by atoms with Crippen molar-refractivity contribution < 1.29 is 24.1 Å². The molecule has 3 aromatic carbocycles. The average molecular weight is 492 g/mol. The SMILES string of the molecule is O=C(O)C=Cc1ccc(Cc2cc3c(cc2Cl)OCO3)c(OCc2c(Cl)cccc2Cl)c1. The Balaban J connectivity index is 1.66. The molecule has 0 bridgehead atoms. The maximum Gasteiger partial charge on any atom is 0.328 e. The molecule has 1 aliphatic rings. The van der Waals surface area contributed by atoms with Gasteiger partial charge in [-0.1, -0.05) is 53.0 Å². The molecule has 8 heteroatoms. The number of hydrogen-bond acceptors (Lipinski definition) is 4. The zero-order chi connectivity index (χ0) is 22.7. The lowest BCUT2D eigenvalue weighted by Crippen LogP contribution is -2.02. The van der Waals surface area contributed by atoms with E-state index in [4.69, 9.17) is 54.1 Å². The van der Waals surface area contributed by atoms with Crippen LogP contribution >= 0.6 is 34.8 Å². The molecule has 1 heterocycles. The molecule has 3 aromatic rings. The summed E-state index contributed by atoms with van der Waals surface area (Å²) in [6.07, 6.45) is 3.03. The third-order valence-corrected chi connectivity index (χ3v) is 5.93. The number of benzene rings is 3. The summed E-state index contributed by atoms with van der Waals surface area (Å²) in [6, 6.07) is 14.3. The molecule has 0 spiro atoms. The molecule has 0 saturated carbocycles. The van der Waals surface area contributed by atoms with E-state index >= 15 is 0 Å². The molecule has 0 unspecified atom stereocenters. The highest BCUT2D eigenvalue weighted by atomic mass is 35.5. The molecule has 0 aromatic heterocycles. The van der Waals surface area contributed by atoms with Gasteiger partial charge in [0.25, 0.3) is 0 Å². The summed E-state index contributed by atoms with van der Waals surface area (Å²) in [4.78, 5) is 10.9. The molecule has 0 atom stereocenters. The van der Waals surface area contributed by atoms with Crippen LogP contribution in [0.2, 0.25) is 15.1 Å².